The molecular formula is C22H21N3O5. The maximum Gasteiger partial charge on any atom is 0.308 e. The van der Waals surface area contributed by atoms with Crippen molar-refractivity contribution in [2.45, 2.75) is 32.9 Å². The third-order valence-electron chi connectivity index (χ3n) is 4.53. The molecule has 0 spiro atoms. The lowest BCUT2D eigenvalue weighted by atomic mass is 10.1. The number of nitrogens with one attached hydrogen (secondary N) is 1. The summed E-state index contributed by atoms with van der Waals surface area (Å²) in [5, 5.41) is 7.18. The van der Waals surface area contributed by atoms with Gasteiger partial charge >= 0.3 is 5.97 Å². The molecule has 0 unspecified atom stereocenters. The highest BCUT2D eigenvalue weighted by atomic mass is 16.5. The zero-order chi connectivity index (χ0) is 21.7. The molecule has 8 heteroatoms. The molecule has 2 aromatic carbocycles. The number of hydrogen-bond donors (Lipinski definition) is 1. The maximum atomic E-state index is 12.4. The van der Waals surface area contributed by atoms with Crippen LogP contribution in [-0.2, 0) is 20.9 Å². The van der Waals surface area contributed by atoms with E-state index >= 15 is 0 Å². The van der Waals surface area contributed by atoms with E-state index in [2.05, 4.69) is 10.4 Å². The summed E-state index contributed by atoms with van der Waals surface area (Å²) in [6, 6.07) is 13.6. The quantitative estimate of drug-likeness (QED) is 0.476. The highest BCUT2D eigenvalue weighted by Gasteiger charge is 2.19. The van der Waals surface area contributed by atoms with Crippen LogP contribution in [0, 0.1) is 0 Å². The van der Waals surface area contributed by atoms with Crippen LogP contribution >= 0.6 is 0 Å². The summed E-state index contributed by atoms with van der Waals surface area (Å²) in [5.74, 6) is -1.30. The summed E-state index contributed by atoms with van der Waals surface area (Å²) in [6.07, 6.45) is 0.133. The van der Waals surface area contributed by atoms with Gasteiger partial charge in [-0.25, -0.2) is 0 Å². The molecule has 0 fully saturated rings. The van der Waals surface area contributed by atoms with Crippen LogP contribution in [0.2, 0.25) is 0 Å². The van der Waals surface area contributed by atoms with Crippen LogP contribution in [0.25, 0.3) is 10.9 Å². The van der Waals surface area contributed by atoms with E-state index in [0.29, 0.717) is 22.2 Å². The molecule has 0 radical (unpaired) electrons. The lowest BCUT2D eigenvalue weighted by Crippen LogP contribution is -2.30. The fourth-order valence-corrected chi connectivity index (χ4v) is 2.98. The number of Topliss-reactive ketones (excluding diaryl/α,β-unsaturated/α-hetero) is 1. The van der Waals surface area contributed by atoms with E-state index in [9.17, 15) is 19.2 Å². The second kappa shape index (κ2) is 9.13. The predicted octanol–water partition coefficient (Wildman–Crippen LogP) is 2.56. The van der Waals surface area contributed by atoms with Gasteiger partial charge in [-0.15, -0.1) is 0 Å². The van der Waals surface area contributed by atoms with Crippen molar-refractivity contribution in [1.29, 1.82) is 0 Å². The van der Waals surface area contributed by atoms with Gasteiger partial charge in [0.05, 0.1) is 30.4 Å². The Hall–Kier alpha value is -3.81. The Morgan fingerprint density at radius 1 is 1.10 bits per heavy atom. The van der Waals surface area contributed by atoms with Crippen molar-refractivity contribution in [3.63, 3.8) is 0 Å². The van der Waals surface area contributed by atoms with Crippen molar-refractivity contribution in [1.82, 2.24) is 9.78 Å². The number of hydrogen-bond acceptors (Lipinski definition) is 6. The Bertz CT molecular complexity index is 1170. The first kappa shape index (κ1) is 20.9. The van der Waals surface area contributed by atoms with Gasteiger partial charge in [-0.3, -0.25) is 23.9 Å². The molecule has 0 bridgehead atoms. The van der Waals surface area contributed by atoms with Crippen LogP contribution in [0.3, 0.4) is 0 Å². The molecule has 1 amide bonds. The zero-order valence-electron chi connectivity index (χ0n) is 16.6. The molecule has 30 heavy (non-hydrogen) atoms. The Morgan fingerprint density at radius 2 is 1.80 bits per heavy atom. The molecule has 0 saturated heterocycles. The van der Waals surface area contributed by atoms with E-state index in [1.54, 1.807) is 53.2 Å². The number of ketones is 1. The molecule has 0 aliphatic heterocycles. The third kappa shape index (κ3) is 4.78. The molecule has 3 aromatic rings. The summed E-state index contributed by atoms with van der Waals surface area (Å²) in [7, 11) is 0. The average molecular weight is 407 g/mol. The van der Waals surface area contributed by atoms with Crippen LogP contribution in [0.5, 0.6) is 0 Å². The number of amides is 1. The average Bonchev–Trinajstić information content (AvgIpc) is 2.73. The number of fused-ring (bicyclic) bond motifs is 1. The van der Waals surface area contributed by atoms with Gasteiger partial charge in [-0.1, -0.05) is 24.3 Å². The fourth-order valence-electron chi connectivity index (χ4n) is 2.98. The summed E-state index contributed by atoms with van der Waals surface area (Å²) in [6.45, 7) is 3.06. The van der Waals surface area contributed by atoms with E-state index in [1.807, 2.05) is 0 Å². The molecule has 0 saturated carbocycles. The van der Waals surface area contributed by atoms with Gasteiger partial charge in [0.15, 0.2) is 11.9 Å². The molecule has 0 aliphatic rings. The van der Waals surface area contributed by atoms with Crippen molar-refractivity contribution < 1.29 is 19.1 Å². The second-order valence-corrected chi connectivity index (χ2v) is 6.72. The van der Waals surface area contributed by atoms with Gasteiger partial charge in [-0.2, -0.15) is 5.10 Å². The molecule has 1 aromatic heterocycles. The minimum Gasteiger partial charge on any atom is -0.452 e. The molecule has 0 aliphatic carbocycles. The van der Waals surface area contributed by atoms with Crippen LogP contribution in [0.15, 0.2) is 59.5 Å². The van der Waals surface area contributed by atoms with Crippen LogP contribution in [0.4, 0.5) is 5.69 Å². The minimum absolute atomic E-state index is 0.0263. The number of ether oxygens (including phenoxy) is 1. The first-order chi connectivity index (χ1) is 14.4. The number of para-hydroxylation sites is 2. The first-order valence-corrected chi connectivity index (χ1v) is 9.42. The number of carbonyl (C=O) groups excluding carboxylic acids is 3. The minimum atomic E-state index is -1.05. The van der Waals surface area contributed by atoms with E-state index in [0.717, 1.165) is 0 Å². The number of esters is 1. The number of nitrogens with zero attached hydrogens (tertiary/aromatic N) is 2. The van der Waals surface area contributed by atoms with Crippen molar-refractivity contribution in [3.8, 4) is 0 Å². The van der Waals surface area contributed by atoms with Crippen molar-refractivity contribution in [3.05, 3.63) is 70.5 Å². The molecule has 3 rings (SSSR count). The normalized spacial score (nSPS) is 11.7. The topological polar surface area (TPSA) is 107 Å². The lowest BCUT2D eigenvalue weighted by molar-refractivity contribution is -0.153. The summed E-state index contributed by atoms with van der Waals surface area (Å²) >= 11 is 0. The van der Waals surface area contributed by atoms with Crippen LogP contribution < -0.4 is 10.7 Å². The molecule has 8 nitrogen and oxygen atoms in total. The van der Waals surface area contributed by atoms with Crippen LogP contribution in [-0.4, -0.2) is 33.5 Å². The van der Waals surface area contributed by atoms with Crippen LogP contribution in [0.1, 0.15) is 30.6 Å². The molecule has 1 heterocycles. The number of aromatic nitrogens is 2. The number of benzene rings is 2. The summed E-state index contributed by atoms with van der Waals surface area (Å²) in [5.41, 5.74) is 1.16. The molecule has 1 N–H and O–H groups in total. The highest BCUT2D eigenvalue weighted by molar-refractivity contribution is 6.04. The van der Waals surface area contributed by atoms with Gasteiger partial charge in [-0.05, 0) is 38.1 Å². The van der Waals surface area contributed by atoms with Gasteiger partial charge in [0, 0.05) is 10.9 Å². The molecular weight excluding hydrogens is 386 g/mol. The Kier molecular flexibility index (Phi) is 6.36. The van der Waals surface area contributed by atoms with E-state index in [1.165, 1.54) is 20.0 Å². The summed E-state index contributed by atoms with van der Waals surface area (Å²) in [4.78, 5) is 48.1. The second-order valence-electron chi connectivity index (χ2n) is 6.72. The smallest absolute Gasteiger partial charge is 0.308 e. The number of aryl methyl sites for hydroxylation is 1. The van der Waals surface area contributed by atoms with Crippen molar-refractivity contribution in [2.75, 3.05) is 5.32 Å². The zero-order valence-corrected chi connectivity index (χ0v) is 16.6. The largest absolute Gasteiger partial charge is 0.452 e. The number of carbonyl (C=O) groups is 3. The highest BCUT2D eigenvalue weighted by Crippen LogP contribution is 2.16. The Morgan fingerprint density at radius 3 is 2.57 bits per heavy atom. The Labute approximate surface area is 172 Å². The molecule has 154 valence electrons. The van der Waals surface area contributed by atoms with Gasteiger partial charge in [0.1, 0.15) is 0 Å². The van der Waals surface area contributed by atoms with Gasteiger partial charge in [0.2, 0.25) is 5.43 Å². The van der Waals surface area contributed by atoms with Crippen molar-refractivity contribution in [2.24, 2.45) is 0 Å². The summed E-state index contributed by atoms with van der Waals surface area (Å²) < 4.78 is 6.75. The fraction of sp³-hybridized carbons (Fsp3) is 0.227. The maximum absolute atomic E-state index is 12.4. The monoisotopic (exact) mass is 407 g/mol. The van der Waals surface area contributed by atoms with Gasteiger partial charge in [0.25, 0.3) is 5.91 Å². The Balaban J connectivity index is 1.60. The van der Waals surface area contributed by atoms with Crippen molar-refractivity contribution >= 4 is 34.3 Å². The SMILES string of the molecule is CC(=O)c1ccccc1NC(=O)[C@H](C)OC(=O)CCn1ncc(=O)c2ccccc21. The number of anilines is 1. The third-order valence-corrected chi connectivity index (χ3v) is 4.53. The standard InChI is InChI=1S/C22H21N3O5/c1-14(26)16-7-3-5-9-18(16)24-22(29)15(2)30-21(28)11-12-25-19-10-6-4-8-17(19)20(27)13-23-25/h3-10,13,15H,11-12H2,1-2H3,(H,24,29)/t15-/m0/s1. The number of rotatable bonds is 7. The van der Waals surface area contributed by atoms with E-state index < -0.39 is 18.0 Å². The first-order valence-electron chi connectivity index (χ1n) is 9.42. The van der Waals surface area contributed by atoms with Gasteiger partial charge < -0.3 is 10.1 Å². The predicted molar refractivity (Wildman–Crippen MR) is 111 cm³/mol. The molecule has 1 atom stereocenters. The van der Waals surface area contributed by atoms with E-state index in [-0.39, 0.29) is 24.2 Å². The lowest BCUT2D eigenvalue weighted by Gasteiger charge is -2.15. The van der Waals surface area contributed by atoms with E-state index in [4.69, 9.17) is 4.74 Å².